The summed E-state index contributed by atoms with van der Waals surface area (Å²) in [5, 5.41) is 4.42. The molecule has 4 aromatic rings. The molecule has 0 unspecified atom stereocenters. The second-order valence-corrected chi connectivity index (χ2v) is 8.77. The number of hydrogen-bond donors (Lipinski definition) is 1. The first-order chi connectivity index (χ1) is 16.6. The molecule has 5 nitrogen and oxygen atoms in total. The second kappa shape index (κ2) is 9.57. The number of amides is 1. The maximum atomic E-state index is 13.6. The number of fused-ring (bicyclic) bond motifs is 1. The summed E-state index contributed by atoms with van der Waals surface area (Å²) in [4.78, 5) is 19.6. The van der Waals surface area contributed by atoms with Crippen LogP contribution in [0.25, 0.3) is 0 Å². The van der Waals surface area contributed by atoms with Crippen LogP contribution in [0.5, 0.6) is 5.75 Å². The summed E-state index contributed by atoms with van der Waals surface area (Å²) in [6.45, 7) is 0. The van der Waals surface area contributed by atoms with Crippen LogP contribution in [0.4, 0.5) is 15.8 Å². The van der Waals surface area contributed by atoms with Crippen molar-refractivity contribution in [3.8, 4) is 5.75 Å². The van der Waals surface area contributed by atoms with E-state index < -0.39 is 6.17 Å². The van der Waals surface area contributed by atoms with Gasteiger partial charge >= 0.3 is 0 Å². The number of benzene rings is 3. The molecule has 0 radical (unpaired) electrons. The van der Waals surface area contributed by atoms with Crippen LogP contribution in [0.3, 0.4) is 0 Å². The van der Waals surface area contributed by atoms with Gasteiger partial charge in [0.25, 0.3) is 5.91 Å². The van der Waals surface area contributed by atoms with E-state index in [1.165, 1.54) is 12.1 Å². The average Bonchev–Trinajstić information content (AvgIpc) is 2.88. The van der Waals surface area contributed by atoms with Crippen molar-refractivity contribution in [1.82, 2.24) is 4.98 Å². The number of ether oxygens (including phenoxy) is 1. The minimum atomic E-state index is -0.475. The summed E-state index contributed by atoms with van der Waals surface area (Å²) in [5.74, 6) is 0.924. The van der Waals surface area contributed by atoms with E-state index in [0.29, 0.717) is 17.0 Å². The van der Waals surface area contributed by atoms with Crippen LogP contribution in [0.2, 0.25) is 0 Å². The highest BCUT2D eigenvalue weighted by Crippen LogP contribution is 2.38. The molecule has 5 rings (SSSR count). The molecule has 1 aliphatic heterocycles. The number of carbonyl (C=O) groups excluding carboxylic acids is 1. The van der Waals surface area contributed by atoms with Crippen molar-refractivity contribution in [2.24, 2.45) is 0 Å². The third kappa shape index (κ3) is 4.34. The molecular formula is C27H22FN3O2S. The minimum Gasteiger partial charge on any atom is -0.496 e. The predicted molar refractivity (Wildman–Crippen MR) is 133 cm³/mol. The molecule has 1 atom stereocenters. The summed E-state index contributed by atoms with van der Waals surface area (Å²) in [6, 6.07) is 25.1. The molecule has 1 amide bonds. The smallest absolute Gasteiger partial charge is 0.262 e. The van der Waals surface area contributed by atoms with Crippen LogP contribution in [0, 0.1) is 5.82 Å². The molecule has 1 N–H and O–H groups in total. The van der Waals surface area contributed by atoms with E-state index in [9.17, 15) is 9.18 Å². The van der Waals surface area contributed by atoms with Crippen LogP contribution in [0.15, 0.2) is 96.2 Å². The van der Waals surface area contributed by atoms with E-state index in [2.05, 4.69) is 10.3 Å². The van der Waals surface area contributed by atoms with Gasteiger partial charge in [0.15, 0.2) is 0 Å². The predicted octanol–water partition coefficient (Wildman–Crippen LogP) is 6.29. The highest BCUT2D eigenvalue weighted by molar-refractivity contribution is 7.98. The van der Waals surface area contributed by atoms with Gasteiger partial charge in [0, 0.05) is 28.9 Å². The standard InChI is InChI=1S/C27H22FN3O2S/c1-33-24-14-9-18(16-19(24)17-34-25-8-4-5-15-29-25)26-30-23-7-3-2-6-22(23)27(32)31(26)21-12-10-20(28)11-13-21/h2-16,26,30H,17H2,1H3/t26-/m1/s1. The zero-order valence-corrected chi connectivity index (χ0v) is 19.3. The van der Waals surface area contributed by atoms with E-state index in [1.807, 2.05) is 54.6 Å². The number of aromatic nitrogens is 1. The fourth-order valence-electron chi connectivity index (χ4n) is 4.02. The Bertz CT molecular complexity index is 1320. The summed E-state index contributed by atoms with van der Waals surface area (Å²) in [6.07, 6.45) is 1.29. The Morgan fingerprint density at radius 2 is 1.82 bits per heavy atom. The number of hydrogen-bond acceptors (Lipinski definition) is 5. The number of thioether (sulfide) groups is 1. The topological polar surface area (TPSA) is 54.5 Å². The van der Waals surface area contributed by atoms with Crippen LogP contribution >= 0.6 is 11.8 Å². The molecule has 170 valence electrons. The van der Waals surface area contributed by atoms with Crippen molar-refractivity contribution in [2.75, 3.05) is 17.3 Å². The first-order valence-corrected chi connectivity index (χ1v) is 11.8. The first kappa shape index (κ1) is 22.0. The third-order valence-corrected chi connectivity index (χ3v) is 6.66. The number of para-hydroxylation sites is 1. The van der Waals surface area contributed by atoms with Gasteiger partial charge in [-0.05, 0) is 66.2 Å². The largest absolute Gasteiger partial charge is 0.496 e. The molecule has 0 aliphatic carbocycles. The van der Waals surface area contributed by atoms with Gasteiger partial charge < -0.3 is 10.1 Å². The van der Waals surface area contributed by atoms with Crippen LogP contribution < -0.4 is 15.0 Å². The van der Waals surface area contributed by atoms with E-state index in [-0.39, 0.29) is 11.7 Å². The third-order valence-electron chi connectivity index (χ3n) is 5.66. The highest BCUT2D eigenvalue weighted by atomic mass is 32.2. The second-order valence-electron chi connectivity index (χ2n) is 7.77. The van der Waals surface area contributed by atoms with Crippen molar-refractivity contribution in [3.05, 3.63) is 114 Å². The SMILES string of the molecule is COc1ccc([C@@H]2Nc3ccccc3C(=O)N2c2ccc(F)cc2)cc1CSc1ccccn1. The van der Waals surface area contributed by atoms with Gasteiger partial charge in [0.2, 0.25) is 0 Å². The Labute approximate surface area is 201 Å². The van der Waals surface area contributed by atoms with Crippen molar-refractivity contribution in [3.63, 3.8) is 0 Å². The quantitative estimate of drug-likeness (QED) is 0.335. The number of carbonyl (C=O) groups is 1. The minimum absolute atomic E-state index is 0.147. The Morgan fingerprint density at radius 3 is 2.59 bits per heavy atom. The maximum absolute atomic E-state index is 13.6. The summed E-state index contributed by atoms with van der Waals surface area (Å²) < 4.78 is 19.2. The fourth-order valence-corrected chi connectivity index (χ4v) is 4.86. The Hall–Kier alpha value is -3.84. The number of nitrogens with one attached hydrogen (secondary N) is 1. The normalized spacial score (nSPS) is 14.9. The monoisotopic (exact) mass is 471 g/mol. The van der Waals surface area contributed by atoms with E-state index in [0.717, 1.165) is 27.6 Å². The van der Waals surface area contributed by atoms with E-state index >= 15 is 0 Å². The number of anilines is 2. The zero-order chi connectivity index (χ0) is 23.5. The molecule has 3 aromatic carbocycles. The van der Waals surface area contributed by atoms with Gasteiger partial charge in [-0.3, -0.25) is 9.69 Å². The van der Waals surface area contributed by atoms with Crippen molar-refractivity contribution in [2.45, 2.75) is 16.9 Å². The fraction of sp³-hybridized carbons (Fsp3) is 0.111. The number of pyridine rings is 1. The lowest BCUT2D eigenvalue weighted by Gasteiger charge is -2.38. The molecule has 7 heteroatoms. The van der Waals surface area contributed by atoms with Gasteiger partial charge in [0.05, 0.1) is 17.7 Å². The Balaban J connectivity index is 1.54. The molecular weight excluding hydrogens is 449 g/mol. The van der Waals surface area contributed by atoms with Gasteiger partial charge in [0.1, 0.15) is 17.7 Å². The number of methoxy groups -OCH3 is 1. The number of nitrogens with zero attached hydrogens (tertiary/aromatic N) is 2. The average molecular weight is 472 g/mol. The lowest BCUT2D eigenvalue weighted by Crippen LogP contribution is -2.43. The summed E-state index contributed by atoms with van der Waals surface area (Å²) >= 11 is 1.61. The van der Waals surface area contributed by atoms with Gasteiger partial charge in [-0.25, -0.2) is 9.37 Å². The van der Waals surface area contributed by atoms with Crippen molar-refractivity contribution < 1.29 is 13.9 Å². The lowest BCUT2D eigenvalue weighted by molar-refractivity contribution is 0.0975. The number of rotatable bonds is 6. The molecule has 0 bridgehead atoms. The Morgan fingerprint density at radius 1 is 1.03 bits per heavy atom. The van der Waals surface area contributed by atoms with E-state index in [4.69, 9.17) is 4.74 Å². The van der Waals surface area contributed by atoms with Gasteiger partial charge in [-0.1, -0.05) is 24.3 Å². The molecule has 2 heterocycles. The molecule has 0 saturated carbocycles. The highest BCUT2D eigenvalue weighted by Gasteiger charge is 2.34. The maximum Gasteiger partial charge on any atom is 0.262 e. The zero-order valence-electron chi connectivity index (χ0n) is 18.4. The molecule has 34 heavy (non-hydrogen) atoms. The van der Waals surface area contributed by atoms with Crippen molar-refractivity contribution >= 4 is 29.0 Å². The van der Waals surface area contributed by atoms with Gasteiger partial charge in [-0.15, -0.1) is 11.8 Å². The molecule has 0 spiro atoms. The van der Waals surface area contributed by atoms with Crippen LogP contribution in [-0.2, 0) is 5.75 Å². The molecule has 0 fully saturated rings. The first-order valence-electron chi connectivity index (χ1n) is 10.8. The summed E-state index contributed by atoms with van der Waals surface area (Å²) in [5.41, 5.74) is 3.82. The van der Waals surface area contributed by atoms with Crippen molar-refractivity contribution in [1.29, 1.82) is 0 Å². The van der Waals surface area contributed by atoms with Gasteiger partial charge in [-0.2, -0.15) is 0 Å². The molecule has 1 aliphatic rings. The summed E-state index contributed by atoms with van der Waals surface area (Å²) in [7, 11) is 1.65. The van der Waals surface area contributed by atoms with Crippen LogP contribution in [-0.4, -0.2) is 18.0 Å². The number of halogens is 1. The molecule has 1 aromatic heterocycles. The van der Waals surface area contributed by atoms with E-state index in [1.54, 1.807) is 48.2 Å². The van der Waals surface area contributed by atoms with Crippen LogP contribution in [0.1, 0.15) is 27.7 Å². The molecule has 0 saturated heterocycles. The lowest BCUT2D eigenvalue weighted by atomic mass is 10.0. The Kier molecular flexibility index (Phi) is 6.18.